The highest BCUT2D eigenvalue weighted by Crippen LogP contribution is 2.26. The molecule has 0 aliphatic carbocycles. The van der Waals surface area contributed by atoms with Crippen LogP contribution in [0.3, 0.4) is 0 Å². The van der Waals surface area contributed by atoms with Crippen molar-refractivity contribution in [3.05, 3.63) is 65.5 Å². The Kier molecular flexibility index (Phi) is 5.57. The fourth-order valence-electron chi connectivity index (χ4n) is 2.53. The molecule has 0 aliphatic rings. The molecule has 2 aromatic rings. The van der Waals surface area contributed by atoms with E-state index in [0.29, 0.717) is 12.0 Å². The third-order valence-corrected chi connectivity index (χ3v) is 4.09. The second-order valence-electron chi connectivity index (χ2n) is 6.33. The van der Waals surface area contributed by atoms with E-state index in [9.17, 15) is 19.4 Å². The Morgan fingerprint density at radius 1 is 1.17 bits per heavy atom. The van der Waals surface area contributed by atoms with E-state index in [2.05, 4.69) is 5.32 Å². The van der Waals surface area contributed by atoms with Gasteiger partial charge in [-0.05, 0) is 44.0 Å². The minimum absolute atomic E-state index is 0.157. The van der Waals surface area contributed by atoms with Crippen LogP contribution in [0, 0.1) is 5.82 Å². The molecule has 0 radical (unpaired) electrons. The number of aliphatic hydroxyl groups is 1. The van der Waals surface area contributed by atoms with Gasteiger partial charge in [0.1, 0.15) is 11.6 Å². The van der Waals surface area contributed by atoms with Crippen LogP contribution in [-0.4, -0.2) is 28.8 Å². The van der Waals surface area contributed by atoms with Gasteiger partial charge in [-0.2, -0.15) is 0 Å². The molecule has 0 fully saturated rings. The van der Waals surface area contributed by atoms with Gasteiger partial charge in [-0.15, -0.1) is 0 Å². The lowest BCUT2D eigenvalue weighted by Gasteiger charge is -2.27. The summed E-state index contributed by atoms with van der Waals surface area (Å²) < 4.78 is 14.0. The van der Waals surface area contributed by atoms with Gasteiger partial charge >= 0.3 is 0 Å². The van der Waals surface area contributed by atoms with Crippen molar-refractivity contribution in [3.63, 3.8) is 0 Å². The molecule has 5 heteroatoms. The molecule has 128 valence electrons. The van der Waals surface area contributed by atoms with Crippen molar-refractivity contribution in [2.45, 2.75) is 31.7 Å². The molecule has 0 saturated carbocycles. The van der Waals surface area contributed by atoms with Gasteiger partial charge in [-0.3, -0.25) is 4.79 Å². The zero-order chi connectivity index (χ0) is 17.7. The summed E-state index contributed by atoms with van der Waals surface area (Å²) in [5.74, 6) is -0.633. The van der Waals surface area contributed by atoms with Crippen LogP contribution < -0.4 is 5.32 Å². The Bertz CT molecular complexity index is 698. The largest absolute Gasteiger partial charge is 0.508 e. The van der Waals surface area contributed by atoms with Crippen LogP contribution in [0.1, 0.15) is 25.0 Å². The Morgan fingerprint density at radius 3 is 2.38 bits per heavy atom. The van der Waals surface area contributed by atoms with Gasteiger partial charge in [0.05, 0.1) is 18.1 Å². The number of nitrogens with one attached hydrogen (secondary N) is 1. The predicted molar refractivity (Wildman–Crippen MR) is 90.3 cm³/mol. The maximum absolute atomic E-state index is 14.0. The first-order valence-electron chi connectivity index (χ1n) is 7.79. The van der Waals surface area contributed by atoms with E-state index >= 15 is 0 Å². The number of phenolic OH excluding ortho intramolecular Hbond substituents is 1. The molecule has 0 unspecified atom stereocenters. The van der Waals surface area contributed by atoms with Gasteiger partial charge in [0.2, 0.25) is 5.91 Å². The zero-order valence-corrected chi connectivity index (χ0v) is 13.8. The standard InChI is InChI=1S/C19H22FNO3/c1-19(2,16-5-3-4-6-17(16)20)18(24)21-14(12-22)11-13-7-9-15(23)10-8-13/h3-10,14,22-23H,11-12H2,1-2H3,(H,21,24)/t14-/m0/s1. The number of aliphatic hydroxyl groups excluding tert-OH is 1. The second-order valence-corrected chi connectivity index (χ2v) is 6.33. The number of hydrogen-bond acceptors (Lipinski definition) is 3. The lowest BCUT2D eigenvalue weighted by Crippen LogP contribution is -2.47. The van der Waals surface area contributed by atoms with Crippen molar-refractivity contribution < 1.29 is 19.4 Å². The van der Waals surface area contributed by atoms with Crippen LogP contribution in [0.25, 0.3) is 0 Å². The molecule has 0 spiro atoms. The Hall–Kier alpha value is -2.40. The topological polar surface area (TPSA) is 69.6 Å². The van der Waals surface area contributed by atoms with Gasteiger partial charge in [0, 0.05) is 5.56 Å². The molecule has 0 bridgehead atoms. The van der Waals surface area contributed by atoms with E-state index in [1.165, 1.54) is 6.07 Å². The van der Waals surface area contributed by atoms with E-state index < -0.39 is 17.3 Å². The van der Waals surface area contributed by atoms with Crippen LogP contribution in [0.15, 0.2) is 48.5 Å². The predicted octanol–water partition coefficient (Wildman–Crippen LogP) is 2.53. The zero-order valence-electron chi connectivity index (χ0n) is 13.8. The number of benzene rings is 2. The Morgan fingerprint density at radius 2 is 1.79 bits per heavy atom. The number of hydrogen-bond donors (Lipinski definition) is 3. The molecule has 4 nitrogen and oxygen atoms in total. The van der Waals surface area contributed by atoms with Gasteiger partial charge < -0.3 is 15.5 Å². The third-order valence-electron chi connectivity index (χ3n) is 4.09. The summed E-state index contributed by atoms with van der Waals surface area (Å²) in [4.78, 5) is 12.6. The van der Waals surface area contributed by atoms with E-state index in [4.69, 9.17) is 0 Å². The highest BCUT2D eigenvalue weighted by Gasteiger charge is 2.33. The summed E-state index contributed by atoms with van der Waals surface area (Å²) >= 11 is 0. The molecule has 1 amide bonds. The van der Waals surface area contributed by atoms with E-state index in [0.717, 1.165) is 5.56 Å². The SMILES string of the molecule is CC(C)(C(=O)N[C@H](CO)Cc1ccc(O)cc1)c1ccccc1F. The highest BCUT2D eigenvalue weighted by atomic mass is 19.1. The Balaban J connectivity index is 2.10. The molecule has 0 heterocycles. The minimum atomic E-state index is -1.06. The lowest BCUT2D eigenvalue weighted by atomic mass is 9.83. The molecule has 1 atom stereocenters. The average molecular weight is 331 g/mol. The van der Waals surface area contributed by atoms with Gasteiger partial charge in [-0.1, -0.05) is 30.3 Å². The molecule has 0 aliphatic heterocycles. The lowest BCUT2D eigenvalue weighted by molar-refractivity contribution is -0.126. The van der Waals surface area contributed by atoms with E-state index in [1.54, 1.807) is 56.3 Å². The number of amides is 1. The molecule has 3 N–H and O–H groups in total. The maximum Gasteiger partial charge on any atom is 0.230 e. The Labute approximate surface area is 141 Å². The van der Waals surface area contributed by atoms with Crippen LogP contribution in [0.5, 0.6) is 5.75 Å². The first-order valence-corrected chi connectivity index (χ1v) is 7.79. The average Bonchev–Trinajstić information content (AvgIpc) is 2.56. The van der Waals surface area contributed by atoms with Crippen molar-refractivity contribution >= 4 is 5.91 Å². The van der Waals surface area contributed by atoms with Gasteiger partial charge in [0.25, 0.3) is 0 Å². The number of rotatable bonds is 6. The quantitative estimate of drug-likeness (QED) is 0.762. The maximum atomic E-state index is 14.0. The molecule has 0 saturated heterocycles. The number of aromatic hydroxyl groups is 1. The molecule has 24 heavy (non-hydrogen) atoms. The van der Waals surface area contributed by atoms with Crippen molar-refractivity contribution in [1.29, 1.82) is 0 Å². The molecular formula is C19H22FNO3. The third kappa shape index (κ3) is 4.11. The number of carbonyl (C=O) groups is 1. The normalized spacial score (nSPS) is 12.7. The van der Waals surface area contributed by atoms with E-state index in [1.807, 2.05) is 0 Å². The molecular weight excluding hydrogens is 309 g/mol. The summed E-state index contributed by atoms with van der Waals surface area (Å²) in [6, 6.07) is 12.2. The fourth-order valence-corrected chi connectivity index (χ4v) is 2.53. The summed E-state index contributed by atoms with van der Waals surface area (Å²) in [5, 5.41) is 21.6. The molecule has 2 rings (SSSR count). The number of carbonyl (C=O) groups excluding carboxylic acids is 1. The van der Waals surface area contributed by atoms with Crippen LogP contribution in [-0.2, 0) is 16.6 Å². The van der Waals surface area contributed by atoms with Crippen LogP contribution in [0.4, 0.5) is 4.39 Å². The van der Waals surface area contributed by atoms with Crippen molar-refractivity contribution in [2.75, 3.05) is 6.61 Å². The number of halogens is 1. The summed E-state index contributed by atoms with van der Waals surface area (Å²) in [5.41, 5.74) is 0.118. The number of phenols is 1. The van der Waals surface area contributed by atoms with Crippen molar-refractivity contribution in [1.82, 2.24) is 5.32 Å². The molecule has 2 aromatic carbocycles. The highest BCUT2D eigenvalue weighted by molar-refractivity contribution is 5.87. The summed E-state index contributed by atoms with van der Waals surface area (Å²) in [7, 11) is 0. The summed E-state index contributed by atoms with van der Waals surface area (Å²) in [6.45, 7) is 3.06. The van der Waals surface area contributed by atoms with Crippen molar-refractivity contribution in [3.8, 4) is 5.75 Å². The van der Waals surface area contributed by atoms with Crippen molar-refractivity contribution in [2.24, 2.45) is 0 Å². The van der Waals surface area contributed by atoms with E-state index in [-0.39, 0.29) is 18.3 Å². The smallest absolute Gasteiger partial charge is 0.230 e. The minimum Gasteiger partial charge on any atom is -0.508 e. The van der Waals surface area contributed by atoms with Crippen LogP contribution >= 0.6 is 0 Å². The second kappa shape index (κ2) is 7.45. The fraction of sp³-hybridized carbons (Fsp3) is 0.316. The van der Waals surface area contributed by atoms with Gasteiger partial charge in [0.15, 0.2) is 0 Å². The summed E-state index contributed by atoms with van der Waals surface area (Å²) in [6.07, 6.45) is 0.413. The van der Waals surface area contributed by atoms with Gasteiger partial charge in [-0.25, -0.2) is 4.39 Å². The van der Waals surface area contributed by atoms with Crippen LogP contribution in [0.2, 0.25) is 0 Å². The first kappa shape index (κ1) is 17.9. The first-order chi connectivity index (χ1) is 11.3. The monoisotopic (exact) mass is 331 g/mol. The molecule has 0 aromatic heterocycles.